The highest BCUT2D eigenvalue weighted by Crippen LogP contribution is 2.26. The topological polar surface area (TPSA) is 21.3 Å². The van der Waals surface area contributed by atoms with Gasteiger partial charge in [0.15, 0.2) is 0 Å². The van der Waals surface area contributed by atoms with E-state index in [-0.39, 0.29) is 5.60 Å². The van der Waals surface area contributed by atoms with Gasteiger partial charge in [0.05, 0.1) is 5.60 Å². The Labute approximate surface area is 117 Å². The first kappa shape index (κ1) is 14.5. The fourth-order valence-electron chi connectivity index (χ4n) is 3.14. The van der Waals surface area contributed by atoms with Crippen LogP contribution in [0, 0.1) is 0 Å². The Kier molecular flexibility index (Phi) is 4.64. The summed E-state index contributed by atoms with van der Waals surface area (Å²) in [6, 6.07) is 7.36. The Morgan fingerprint density at radius 2 is 2.05 bits per heavy atom. The molecule has 0 fully saturated rings. The minimum Gasteiger partial charge on any atom is -0.377 e. The number of hydrogen-bond donors (Lipinski definition) is 1. The summed E-state index contributed by atoms with van der Waals surface area (Å²) >= 11 is 0. The standard InChI is InChI=1S/C17H27NO/c1-5-17(2,19-4)16(18-3)12-13-9-10-14-7-6-8-15(14)11-13/h9-11,16,18H,5-8,12H2,1-4H3. The van der Waals surface area contributed by atoms with Crippen molar-refractivity contribution in [3.05, 3.63) is 34.9 Å². The minimum atomic E-state index is -0.103. The third-order valence-corrected chi connectivity index (χ3v) is 4.86. The number of likely N-dealkylation sites (N-methyl/N-ethyl adjacent to an activating group) is 1. The summed E-state index contributed by atoms with van der Waals surface area (Å²) in [5, 5.41) is 3.44. The number of ether oxygens (including phenoxy) is 1. The molecule has 0 heterocycles. The molecule has 2 rings (SSSR count). The molecule has 0 amide bonds. The van der Waals surface area contributed by atoms with Gasteiger partial charge in [-0.05, 0) is 62.8 Å². The summed E-state index contributed by atoms with van der Waals surface area (Å²) in [6.45, 7) is 4.39. The predicted octanol–water partition coefficient (Wildman–Crippen LogP) is 3.12. The maximum absolute atomic E-state index is 5.74. The molecule has 0 saturated carbocycles. The van der Waals surface area contributed by atoms with E-state index in [9.17, 15) is 0 Å². The highest BCUT2D eigenvalue weighted by Gasteiger charge is 2.31. The Morgan fingerprint density at radius 1 is 1.32 bits per heavy atom. The molecule has 2 nitrogen and oxygen atoms in total. The average molecular weight is 261 g/mol. The van der Waals surface area contributed by atoms with Crippen LogP contribution >= 0.6 is 0 Å². The second-order valence-corrected chi connectivity index (χ2v) is 5.87. The number of hydrogen-bond acceptors (Lipinski definition) is 2. The van der Waals surface area contributed by atoms with Gasteiger partial charge in [-0.1, -0.05) is 25.1 Å². The molecule has 1 N–H and O–H groups in total. The van der Waals surface area contributed by atoms with Crippen molar-refractivity contribution in [3.63, 3.8) is 0 Å². The number of methoxy groups -OCH3 is 1. The van der Waals surface area contributed by atoms with E-state index in [0.29, 0.717) is 6.04 Å². The number of nitrogens with one attached hydrogen (secondary N) is 1. The number of rotatable bonds is 6. The van der Waals surface area contributed by atoms with Gasteiger partial charge < -0.3 is 10.1 Å². The zero-order valence-electron chi connectivity index (χ0n) is 12.8. The van der Waals surface area contributed by atoms with Gasteiger partial charge in [0.25, 0.3) is 0 Å². The van der Waals surface area contributed by atoms with Gasteiger partial charge in [-0.15, -0.1) is 0 Å². The van der Waals surface area contributed by atoms with Crippen molar-refractivity contribution < 1.29 is 4.74 Å². The molecule has 2 heteroatoms. The summed E-state index contributed by atoms with van der Waals surface area (Å²) < 4.78 is 5.74. The highest BCUT2D eigenvalue weighted by molar-refractivity contribution is 5.35. The van der Waals surface area contributed by atoms with E-state index in [4.69, 9.17) is 4.74 Å². The molecule has 19 heavy (non-hydrogen) atoms. The van der Waals surface area contributed by atoms with E-state index in [1.54, 1.807) is 11.1 Å². The average Bonchev–Trinajstić information content (AvgIpc) is 2.91. The molecule has 0 radical (unpaired) electrons. The Hall–Kier alpha value is -0.860. The van der Waals surface area contributed by atoms with Gasteiger partial charge in [-0.25, -0.2) is 0 Å². The molecule has 1 aliphatic carbocycles. The van der Waals surface area contributed by atoms with Crippen molar-refractivity contribution in [2.24, 2.45) is 0 Å². The Bertz CT molecular complexity index is 423. The largest absolute Gasteiger partial charge is 0.377 e. The van der Waals surface area contributed by atoms with Crippen molar-refractivity contribution in [1.29, 1.82) is 0 Å². The van der Waals surface area contributed by atoms with Crippen LogP contribution in [-0.2, 0) is 24.0 Å². The molecule has 0 bridgehead atoms. The molecule has 0 aliphatic heterocycles. The lowest BCUT2D eigenvalue weighted by Gasteiger charge is -2.36. The van der Waals surface area contributed by atoms with E-state index >= 15 is 0 Å². The van der Waals surface area contributed by atoms with Crippen LogP contribution in [0.15, 0.2) is 18.2 Å². The van der Waals surface area contributed by atoms with Crippen LogP contribution < -0.4 is 5.32 Å². The normalized spacial score (nSPS) is 18.9. The number of fused-ring (bicyclic) bond motifs is 1. The fourth-order valence-corrected chi connectivity index (χ4v) is 3.14. The van der Waals surface area contributed by atoms with Gasteiger partial charge in [-0.2, -0.15) is 0 Å². The lowest BCUT2D eigenvalue weighted by Crippen LogP contribution is -2.49. The molecule has 0 aromatic heterocycles. The van der Waals surface area contributed by atoms with Gasteiger partial charge in [0.2, 0.25) is 0 Å². The molecule has 0 spiro atoms. The second-order valence-electron chi connectivity index (χ2n) is 5.87. The molecule has 1 aromatic carbocycles. The van der Waals surface area contributed by atoms with E-state index < -0.39 is 0 Å². The third-order valence-electron chi connectivity index (χ3n) is 4.86. The second kappa shape index (κ2) is 6.06. The summed E-state index contributed by atoms with van der Waals surface area (Å²) in [5.41, 5.74) is 4.43. The summed E-state index contributed by atoms with van der Waals surface area (Å²) in [4.78, 5) is 0. The SMILES string of the molecule is CCC(C)(OC)C(Cc1ccc2c(c1)CCC2)NC. The quantitative estimate of drug-likeness (QED) is 0.849. The fraction of sp³-hybridized carbons (Fsp3) is 0.647. The zero-order valence-corrected chi connectivity index (χ0v) is 12.8. The number of aryl methyl sites for hydroxylation is 2. The van der Waals surface area contributed by atoms with Crippen LogP contribution in [0.3, 0.4) is 0 Å². The van der Waals surface area contributed by atoms with Crippen molar-refractivity contribution in [3.8, 4) is 0 Å². The van der Waals surface area contributed by atoms with E-state index in [2.05, 4.69) is 37.4 Å². The zero-order chi connectivity index (χ0) is 13.9. The van der Waals surface area contributed by atoms with E-state index in [1.165, 1.54) is 24.8 Å². The van der Waals surface area contributed by atoms with Crippen LogP contribution in [0.5, 0.6) is 0 Å². The number of benzene rings is 1. The van der Waals surface area contributed by atoms with E-state index in [1.807, 2.05) is 14.2 Å². The summed E-state index contributed by atoms with van der Waals surface area (Å²) in [6.07, 6.45) is 5.87. The molecular formula is C17H27NO. The first-order chi connectivity index (χ1) is 9.12. The van der Waals surface area contributed by atoms with Crippen LogP contribution in [0.4, 0.5) is 0 Å². The molecule has 2 atom stereocenters. The van der Waals surface area contributed by atoms with Crippen molar-refractivity contribution >= 4 is 0 Å². The van der Waals surface area contributed by atoms with Crippen LogP contribution in [0.1, 0.15) is 43.4 Å². The molecule has 0 saturated heterocycles. The minimum absolute atomic E-state index is 0.103. The van der Waals surface area contributed by atoms with Gasteiger partial charge in [0, 0.05) is 13.2 Å². The Balaban J connectivity index is 2.14. The smallest absolute Gasteiger partial charge is 0.0803 e. The van der Waals surface area contributed by atoms with Gasteiger partial charge in [0.1, 0.15) is 0 Å². The highest BCUT2D eigenvalue weighted by atomic mass is 16.5. The van der Waals surface area contributed by atoms with Crippen molar-refractivity contribution in [2.45, 2.75) is 57.6 Å². The third kappa shape index (κ3) is 3.01. The summed E-state index contributed by atoms with van der Waals surface area (Å²) in [7, 11) is 3.85. The Morgan fingerprint density at radius 3 is 2.68 bits per heavy atom. The predicted molar refractivity (Wildman–Crippen MR) is 80.7 cm³/mol. The van der Waals surface area contributed by atoms with Gasteiger partial charge in [-0.3, -0.25) is 0 Å². The van der Waals surface area contributed by atoms with Crippen LogP contribution in [-0.4, -0.2) is 25.8 Å². The monoisotopic (exact) mass is 261 g/mol. The van der Waals surface area contributed by atoms with Crippen LogP contribution in [0.25, 0.3) is 0 Å². The maximum atomic E-state index is 5.74. The first-order valence-corrected chi connectivity index (χ1v) is 7.46. The van der Waals surface area contributed by atoms with Crippen LogP contribution in [0.2, 0.25) is 0 Å². The van der Waals surface area contributed by atoms with Crippen molar-refractivity contribution in [1.82, 2.24) is 5.32 Å². The molecule has 1 aromatic rings. The molecule has 106 valence electrons. The van der Waals surface area contributed by atoms with Gasteiger partial charge >= 0.3 is 0 Å². The lowest BCUT2D eigenvalue weighted by atomic mass is 9.87. The summed E-state index contributed by atoms with van der Waals surface area (Å²) in [5.74, 6) is 0. The maximum Gasteiger partial charge on any atom is 0.0803 e. The van der Waals surface area contributed by atoms with Crippen molar-refractivity contribution in [2.75, 3.05) is 14.2 Å². The molecular weight excluding hydrogens is 234 g/mol. The van der Waals surface area contributed by atoms with E-state index in [0.717, 1.165) is 12.8 Å². The first-order valence-electron chi connectivity index (χ1n) is 7.46. The lowest BCUT2D eigenvalue weighted by molar-refractivity contribution is -0.0268. The molecule has 2 unspecified atom stereocenters. The molecule has 1 aliphatic rings.